The van der Waals surface area contributed by atoms with Gasteiger partial charge >= 0.3 is 5.97 Å². The lowest BCUT2D eigenvalue weighted by molar-refractivity contribution is -0.131. The zero-order valence-corrected chi connectivity index (χ0v) is 31.6. The molecule has 4 aromatic carbocycles. The van der Waals surface area contributed by atoms with Crippen molar-refractivity contribution in [3.8, 4) is 11.5 Å². The van der Waals surface area contributed by atoms with Gasteiger partial charge in [-0.1, -0.05) is 71.0 Å². The minimum atomic E-state index is -1.67. The molecule has 0 bridgehead atoms. The summed E-state index contributed by atoms with van der Waals surface area (Å²) in [5.74, 6) is -1.52. The molecule has 0 spiro atoms. The Balaban J connectivity index is 0.000000325. The summed E-state index contributed by atoms with van der Waals surface area (Å²) in [5, 5.41) is 50.6. The number of oxime groups is 2. The van der Waals surface area contributed by atoms with Gasteiger partial charge in [0.1, 0.15) is 47.8 Å². The normalized spacial score (nSPS) is 11.9. The van der Waals surface area contributed by atoms with E-state index in [-0.39, 0.29) is 23.1 Å². The summed E-state index contributed by atoms with van der Waals surface area (Å²) < 4.78 is 28.1. The third kappa shape index (κ3) is 19.8. The van der Waals surface area contributed by atoms with Crippen molar-refractivity contribution in [1.82, 2.24) is 9.80 Å². The number of aliphatic hydroxyl groups excluding tert-OH is 1. The van der Waals surface area contributed by atoms with Crippen LogP contribution in [0.3, 0.4) is 0 Å². The van der Waals surface area contributed by atoms with Crippen molar-refractivity contribution in [3.63, 3.8) is 0 Å². The molecule has 14 heteroatoms. The van der Waals surface area contributed by atoms with E-state index in [1.807, 2.05) is 38.0 Å². The number of rotatable bonds is 16. The molecule has 0 aromatic heterocycles. The number of benzene rings is 4. The number of carboxylic acid groups (broad SMARTS) is 1. The zero-order valence-electron chi connectivity index (χ0n) is 31.6. The van der Waals surface area contributed by atoms with Crippen LogP contribution in [-0.4, -0.2) is 114 Å². The number of phenolic OH excluding ortho intramolecular Hbond substituents is 2. The highest BCUT2D eigenvalue weighted by molar-refractivity contribution is 6.11. The molecule has 5 N–H and O–H groups in total. The van der Waals surface area contributed by atoms with Crippen LogP contribution >= 0.6 is 0 Å². The Kier molecular flexibility index (Phi) is 21.1. The van der Waals surface area contributed by atoms with Gasteiger partial charge in [0, 0.05) is 30.3 Å². The van der Waals surface area contributed by atoms with E-state index in [0.29, 0.717) is 41.8 Å². The molecule has 0 heterocycles. The summed E-state index contributed by atoms with van der Waals surface area (Å²) in [6, 6.07) is 26.3. The predicted molar refractivity (Wildman–Crippen MR) is 214 cm³/mol. The number of aromatic hydroxyl groups is 2. The fourth-order valence-electron chi connectivity index (χ4n) is 4.04. The number of hydrogen-bond donors (Lipinski definition) is 5. The molecule has 0 amide bonds. The first-order valence-corrected chi connectivity index (χ1v) is 17.2. The van der Waals surface area contributed by atoms with E-state index in [9.17, 15) is 23.8 Å². The average Bonchev–Trinajstić information content (AvgIpc) is 3.16. The first-order chi connectivity index (χ1) is 26.7. The summed E-state index contributed by atoms with van der Waals surface area (Å²) in [4.78, 5) is 24.2. The molecule has 0 aliphatic heterocycles. The number of allylic oxidation sites excluding steroid dienone is 2. The lowest BCUT2D eigenvalue weighted by Gasteiger charge is -2.08. The molecule has 56 heavy (non-hydrogen) atoms. The Hall–Kier alpha value is -6.19. The van der Waals surface area contributed by atoms with Gasteiger partial charge in [-0.25, -0.2) is 13.6 Å². The Bertz CT molecular complexity index is 1790. The molecule has 12 nitrogen and oxygen atoms in total. The molecular formula is C42H48F2N4O8. The second-order valence-corrected chi connectivity index (χ2v) is 12.1. The molecule has 298 valence electrons. The number of carboxylic acids is 1. The van der Waals surface area contributed by atoms with Gasteiger partial charge in [-0.05, 0) is 106 Å². The maximum absolute atomic E-state index is 14.0. The van der Waals surface area contributed by atoms with Gasteiger partial charge in [0.05, 0.1) is 0 Å². The van der Waals surface area contributed by atoms with E-state index in [2.05, 4.69) is 10.3 Å². The van der Waals surface area contributed by atoms with Gasteiger partial charge in [0.2, 0.25) is 0 Å². The third-order valence-electron chi connectivity index (χ3n) is 6.95. The summed E-state index contributed by atoms with van der Waals surface area (Å²) in [6.07, 6.45) is 6.71. The summed E-state index contributed by atoms with van der Waals surface area (Å²) in [6.45, 7) is 2.27. The summed E-state index contributed by atoms with van der Waals surface area (Å²) in [5.41, 5.74) is 3.28. The number of carbonyl (C=O) groups is 1. The number of nitrogens with zero attached hydrogens (tertiary/aromatic N) is 4. The quantitative estimate of drug-likeness (QED) is 0.0300. The highest BCUT2D eigenvalue weighted by Gasteiger charge is 2.09. The number of aliphatic hydroxyl groups is 2. The highest BCUT2D eigenvalue weighted by atomic mass is 19.1. The predicted octanol–water partition coefficient (Wildman–Crippen LogP) is 5.99. The van der Waals surface area contributed by atoms with E-state index in [4.69, 9.17) is 25.0 Å². The van der Waals surface area contributed by atoms with Crippen molar-refractivity contribution >= 4 is 29.5 Å². The Morgan fingerprint density at radius 2 is 1.02 bits per heavy atom. The number of likely N-dealkylation sites (N-methyl/N-ethyl adjacent to an activating group) is 2. The maximum Gasteiger partial charge on any atom is 0.328 e. The van der Waals surface area contributed by atoms with Gasteiger partial charge in [0.15, 0.2) is 6.29 Å². The lowest BCUT2D eigenvalue weighted by Crippen LogP contribution is -2.17. The molecule has 0 fully saturated rings. The van der Waals surface area contributed by atoms with Crippen molar-refractivity contribution in [1.29, 1.82) is 0 Å². The van der Waals surface area contributed by atoms with Crippen LogP contribution in [0.2, 0.25) is 0 Å². The maximum atomic E-state index is 14.0. The fourth-order valence-corrected chi connectivity index (χ4v) is 4.04. The van der Waals surface area contributed by atoms with Crippen molar-refractivity contribution in [2.75, 3.05) is 54.5 Å². The van der Waals surface area contributed by atoms with Gasteiger partial charge < -0.3 is 45.0 Å². The molecule has 0 atom stereocenters. The molecule has 0 radical (unpaired) electrons. The van der Waals surface area contributed by atoms with Crippen LogP contribution in [0.5, 0.6) is 11.5 Å². The number of hydrogen-bond acceptors (Lipinski definition) is 11. The highest BCUT2D eigenvalue weighted by Crippen LogP contribution is 2.15. The lowest BCUT2D eigenvalue weighted by atomic mass is 10.1. The van der Waals surface area contributed by atoms with Crippen LogP contribution in [0.1, 0.15) is 22.3 Å². The van der Waals surface area contributed by atoms with E-state index < -0.39 is 12.3 Å². The molecule has 0 saturated carbocycles. The topological polar surface area (TPSA) is 168 Å². The molecule has 4 rings (SSSR count). The second kappa shape index (κ2) is 25.8. The Morgan fingerprint density at radius 3 is 1.32 bits per heavy atom. The standard InChI is InChI=1S/2C19H21FN2O2.C4H6O4/c2*1-22(2)13-14-24-21-19(17-5-3-4-6-18(17)20)12-9-15-7-10-16(23)11-8-15;5-3(6)1-2-4(7)8/h2*3-12,23H,13-14H2,1-2H3;1-3,5-6H,(H,7,8)/b2*12-9+,21-19-;2-1+. The number of phenols is 2. The van der Waals surface area contributed by atoms with Crippen molar-refractivity contribution in [2.24, 2.45) is 10.3 Å². The van der Waals surface area contributed by atoms with Crippen molar-refractivity contribution in [2.45, 2.75) is 6.29 Å². The van der Waals surface area contributed by atoms with Gasteiger partial charge in [-0.3, -0.25) is 0 Å². The third-order valence-corrected chi connectivity index (χ3v) is 6.95. The molecular weight excluding hydrogens is 726 g/mol. The van der Waals surface area contributed by atoms with E-state index in [1.54, 1.807) is 109 Å². The summed E-state index contributed by atoms with van der Waals surface area (Å²) >= 11 is 0. The van der Waals surface area contributed by atoms with E-state index in [0.717, 1.165) is 30.3 Å². The summed E-state index contributed by atoms with van der Waals surface area (Å²) in [7, 11) is 7.76. The van der Waals surface area contributed by atoms with Crippen molar-refractivity contribution in [3.05, 3.63) is 155 Å². The second-order valence-electron chi connectivity index (χ2n) is 12.1. The monoisotopic (exact) mass is 774 g/mol. The van der Waals surface area contributed by atoms with Crippen LogP contribution < -0.4 is 0 Å². The molecule has 0 aliphatic carbocycles. The number of aliphatic carboxylic acids is 1. The van der Waals surface area contributed by atoms with E-state index in [1.165, 1.54) is 12.1 Å². The minimum absolute atomic E-state index is 0.196. The molecule has 0 saturated heterocycles. The Morgan fingerprint density at radius 1 is 0.643 bits per heavy atom. The molecule has 0 aliphatic rings. The van der Waals surface area contributed by atoms with Crippen LogP contribution in [-0.2, 0) is 14.5 Å². The van der Waals surface area contributed by atoms with Crippen LogP contribution in [0.4, 0.5) is 8.78 Å². The first kappa shape index (κ1) is 46.0. The fraction of sp³-hybridized carbons (Fsp3) is 0.214. The van der Waals surface area contributed by atoms with Crippen LogP contribution in [0, 0.1) is 11.6 Å². The first-order valence-electron chi connectivity index (χ1n) is 17.2. The number of halogens is 2. The zero-order chi connectivity index (χ0) is 41.3. The molecule has 4 aromatic rings. The van der Waals surface area contributed by atoms with Gasteiger partial charge in [-0.15, -0.1) is 0 Å². The SMILES string of the molecule is CN(C)CCO/N=C(/C=C/c1ccc(O)cc1)c1ccccc1F.CN(C)CCO/N=C(/C=C/c1ccc(O)cc1)c1ccccc1F.O=C(O)/C=C/C(O)O. The van der Waals surface area contributed by atoms with Gasteiger partial charge in [0.25, 0.3) is 0 Å². The van der Waals surface area contributed by atoms with E-state index >= 15 is 0 Å². The molecule has 0 unspecified atom stereocenters. The van der Waals surface area contributed by atoms with Gasteiger partial charge in [-0.2, -0.15) is 0 Å². The largest absolute Gasteiger partial charge is 0.508 e. The smallest absolute Gasteiger partial charge is 0.328 e. The van der Waals surface area contributed by atoms with Crippen molar-refractivity contribution < 1.29 is 48.8 Å². The average molecular weight is 775 g/mol. The van der Waals surface area contributed by atoms with Crippen LogP contribution in [0.25, 0.3) is 12.2 Å². The minimum Gasteiger partial charge on any atom is -0.508 e. The van der Waals surface area contributed by atoms with Crippen LogP contribution in [0.15, 0.2) is 132 Å². The Labute approximate surface area is 325 Å².